The third-order valence-corrected chi connectivity index (χ3v) is 8.41. The number of aromatic nitrogens is 4. The third-order valence-electron chi connectivity index (χ3n) is 8.41. The maximum Gasteiger partial charge on any atom is 0.144 e. The van der Waals surface area contributed by atoms with Crippen LogP contribution in [0.1, 0.15) is 46.5 Å². The van der Waals surface area contributed by atoms with E-state index in [0.717, 1.165) is 71.3 Å². The van der Waals surface area contributed by atoms with Crippen LogP contribution in [0.3, 0.4) is 0 Å². The third kappa shape index (κ3) is 5.16. The van der Waals surface area contributed by atoms with Gasteiger partial charge in [-0.05, 0) is 99.9 Å². The topological polar surface area (TPSA) is 44.9 Å². The smallest absolute Gasteiger partial charge is 0.144 e. The van der Waals surface area contributed by atoms with E-state index in [-0.39, 0.29) is 0 Å². The molecule has 4 aromatic carbocycles. The zero-order valence-corrected chi connectivity index (χ0v) is 25.3. The van der Waals surface area contributed by atoms with Gasteiger partial charge in [0, 0.05) is 23.5 Å². The molecule has 0 atom stereocenters. The van der Waals surface area contributed by atoms with Crippen LogP contribution in [0.5, 0.6) is 11.5 Å². The van der Waals surface area contributed by atoms with Crippen LogP contribution in [0.15, 0.2) is 97.3 Å². The molecule has 43 heavy (non-hydrogen) atoms. The molecule has 214 valence electrons. The maximum absolute atomic E-state index is 6.49. The van der Waals surface area contributed by atoms with E-state index in [4.69, 9.17) is 14.7 Å². The second-order valence-electron chi connectivity index (χ2n) is 11.7. The molecule has 0 saturated heterocycles. The lowest BCUT2D eigenvalue weighted by atomic mass is 10.1. The minimum Gasteiger partial charge on any atom is -0.457 e. The lowest BCUT2D eigenvalue weighted by Gasteiger charge is -2.15. The van der Waals surface area contributed by atoms with Gasteiger partial charge >= 0.3 is 0 Å². The summed E-state index contributed by atoms with van der Waals surface area (Å²) in [5.74, 6) is 3.42. The van der Waals surface area contributed by atoms with Crippen LogP contribution < -0.4 is 4.74 Å². The molecule has 6 aromatic rings. The highest BCUT2D eigenvalue weighted by molar-refractivity contribution is 5.66. The molecule has 5 nitrogen and oxygen atoms in total. The van der Waals surface area contributed by atoms with Crippen LogP contribution in [-0.4, -0.2) is 19.1 Å². The summed E-state index contributed by atoms with van der Waals surface area (Å²) in [5, 5.41) is 0. The average molecular weight is 565 g/mol. The predicted molar refractivity (Wildman–Crippen MR) is 174 cm³/mol. The van der Waals surface area contributed by atoms with E-state index in [1.54, 1.807) is 0 Å². The van der Waals surface area contributed by atoms with Crippen molar-refractivity contribution >= 4 is 0 Å². The molecule has 7 rings (SSSR count). The summed E-state index contributed by atoms with van der Waals surface area (Å²) < 4.78 is 11.0. The number of ether oxygens (including phenoxy) is 1. The lowest BCUT2D eigenvalue weighted by Crippen LogP contribution is -2.01. The lowest BCUT2D eigenvalue weighted by molar-refractivity contribution is 0.483. The molecule has 1 aliphatic heterocycles. The van der Waals surface area contributed by atoms with Gasteiger partial charge in [0.15, 0.2) is 0 Å². The first kappa shape index (κ1) is 27.0. The highest BCUT2D eigenvalue weighted by Gasteiger charge is 2.18. The Bertz CT molecular complexity index is 1780. The van der Waals surface area contributed by atoms with Crippen molar-refractivity contribution in [3.63, 3.8) is 0 Å². The van der Waals surface area contributed by atoms with Crippen LogP contribution in [-0.2, 0) is 12.8 Å². The number of benzene rings is 4. The molecule has 0 saturated carbocycles. The quantitative estimate of drug-likeness (QED) is 0.210. The van der Waals surface area contributed by atoms with Crippen LogP contribution in [0.2, 0.25) is 0 Å². The zero-order valence-electron chi connectivity index (χ0n) is 25.3. The van der Waals surface area contributed by atoms with Crippen molar-refractivity contribution in [3.05, 3.63) is 131 Å². The van der Waals surface area contributed by atoms with E-state index < -0.39 is 0 Å². The summed E-state index contributed by atoms with van der Waals surface area (Å²) in [7, 11) is 0. The molecule has 1 aliphatic rings. The van der Waals surface area contributed by atoms with Gasteiger partial charge in [-0.2, -0.15) is 0 Å². The minimum absolute atomic E-state index is 0.773. The van der Waals surface area contributed by atoms with Crippen molar-refractivity contribution in [2.45, 2.75) is 53.4 Å². The Morgan fingerprint density at radius 2 is 0.930 bits per heavy atom. The predicted octanol–water partition coefficient (Wildman–Crippen LogP) is 9.30. The highest BCUT2D eigenvalue weighted by Crippen LogP contribution is 2.34. The second kappa shape index (κ2) is 11.1. The first-order valence-corrected chi connectivity index (χ1v) is 15.1. The molecule has 0 spiro atoms. The van der Waals surface area contributed by atoms with Gasteiger partial charge in [0.05, 0.1) is 22.8 Å². The van der Waals surface area contributed by atoms with Crippen LogP contribution in [0.4, 0.5) is 0 Å². The van der Waals surface area contributed by atoms with Gasteiger partial charge in [-0.25, -0.2) is 9.97 Å². The zero-order chi connectivity index (χ0) is 29.5. The van der Waals surface area contributed by atoms with Crippen LogP contribution >= 0.6 is 0 Å². The minimum atomic E-state index is 0.773. The van der Waals surface area contributed by atoms with E-state index >= 15 is 0 Å². The van der Waals surface area contributed by atoms with Gasteiger partial charge in [-0.15, -0.1) is 0 Å². The molecule has 0 amide bonds. The Morgan fingerprint density at radius 1 is 0.535 bits per heavy atom. The molecule has 0 aliphatic carbocycles. The summed E-state index contributed by atoms with van der Waals surface area (Å²) >= 11 is 0. The molecular formula is C38H36N4O. The van der Waals surface area contributed by atoms with E-state index in [9.17, 15) is 0 Å². The number of hydrogen-bond donors (Lipinski definition) is 0. The Hall–Kier alpha value is -4.90. The van der Waals surface area contributed by atoms with Gasteiger partial charge in [0.1, 0.15) is 23.1 Å². The molecule has 5 heteroatoms. The number of hydrogen-bond acceptors (Lipinski definition) is 3. The Kier molecular flexibility index (Phi) is 6.94. The van der Waals surface area contributed by atoms with Crippen molar-refractivity contribution in [2.24, 2.45) is 0 Å². The number of para-hydroxylation sites is 2. The van der Waals surface area contributed by atoms with Gasteiger partial charge < -0.3 is 4.74 Å². The van der Waals surface area contributed by atoms with E-state index in [0.29, 0.717) is 0 Å². The summed E-state index contributed by atoms with van der Waals surface area (Å²) in [6.45, 7) is 8.68. The number of fused-ring (bicyclic) bond motifs is 10. The van der Waals surface area contributed by atoms with Crippen molar-refractivity contribution < 1.29 is 4.74 Å². The molecule has 0 N–H and O–H groups in total. The van der Waals surface area contributed by atoms with E-state index in [2.05, 4.69) is 110 Å². The van der Waals surface area contributed by atoms with Crippen LogP contribution in [0.25, 0.3) is 34.2 Å². The number of nitrogens with zero attached hydrogens (tertiary/aromatic N) is 4. The van der Waals surface area contributed by atoms with Crippen molar-refractivity contribution in [1.82, 2.24) is 19.1 Å². The number of imidazole rings is 2. The fraction of sp³-hybridized carbons (Fsp3) is 0.211. The average Bonchev–Trinajstić information content (AvgIpc) is 3.60. The fourth-order valence-corrected chi connectivity index (χ4v) is 6.36. The molecule has 8 bridgehead atoms. The van der Waals surface area contributed by atoms with Crippen molar-refractivity contribution in [3.8, 4) is 45.6 Å². The normalized spacial score (nSPS) is 12.9. The Labute approximate surface area is 253 Å². The summed E-state index contributed by atoms with van der Waals surface area (Å²) in [5.41, 5.74) is 11.5. The van der Waals surface area contributed by atoms with Crippen molar-refractivity contribution in [1.29, 1.82) is 0 Å². The summed E-state index contributed by atoms with van der Waals surface area (Å²) in [6, 6.07) is 29.5. The van der Waals surface area contributed by atoms with Gasteiger partial charge in [-0.1, -0.05) is 60.7 Å². The van der Waals surface area contributed by atoms with E-state index in [1.165, 1.54) is 33.6 Å². The van der Waals surface area contributed by atoms with Gasteiger partial charge in [-0.3, -0.25) is 9.13 Å². The highest BCUT2D eigenvalue weighted by atomic mass is 16.5. The molecule has 2 aromatic heterocycles. The molecule has 0 fully saturated rings. The first-order valence-electron chi connectivity index (χ1n) is 15.1. The monoisotopic (exact) mass is 564 g/mol. The largest absolute Gasteiger partial charge is 0.457 e. The van der Waals surface area contributed by atoms with Crippen LogP contribution in [0, 0.1) is 27.7 Å². The van der Waals surface area contributed by atoms with Gasteiger partial charge in [0.2, 0.25) is 0 Å². The standard InChI is InChI=1S/C38H36N4O/c1-25-11-7-12-26(2)35(25)41-23-31-17-5-6-18-32-24-42(36-27(3)13-8-14-28(36)4)38(40-32)30-16-10-20-34(22-30)43-33-19-9-15-29(21-33)37(41)39-31/h7-16,19-24H,5-6,17-18H2,1-4H3. The number of aryl methyl sites for hydroxylation is 6. The molecule has 0 radical (unpaired) electrons. The summed E-state index contributed by atoms with van der Waals surface area (Å²) in [4.78, 5) is 10.4. The van der Waals surface area contributed by atoms with Crippen molar-refractivity contribution in [2.75, 3.05) is 0 Å². The molecular weight excluding hydrogens is 528 g/mol. The SMILES string of the molecule is Cc1cccc(C)c1-n1cc2nc1-c1cccc(c1)Oc1cccc(c1)-c1nc(cn1-c1c(C)cccc1C)CCCC2. The Morgan fingerprint density at radius 3 is 1.35 bits per heavy atom. The molecule has 3 heterocycles. The van der Waals surface area contributed by atoms with Gasteiger partial charge in [0.25, 0.3) is 0 Å². The summed E-state index contributed by atoms with van der Waals surface area (Å²) in [6.07, 6.45) is 8.33. The fourth-order valence-electron chi connectivity index (χ4n) is 6.36. The van der Waals surface area contributed by atoms with E-state index in [1.807, 2.05) is 24.3 Å². The molecule has 0 unspecified atom stereocenters. The first-order chi connectivity index (χ1) is 20.9. The number of rotatable bonds is 2. The maximum atomic E-state index is 6.49. The Balaban J connectivity index is 1.35. The second-order valence-corrected chi connectivity index (χ2v) is 11.7.